The number of fused-ring (bicyclic) bond motifs is 4. The molecule has 0 aromatic heterocycles. The maximum Gasteiger partial charge on any atom is 0.0826 e. The van der Waals surface area contributed by atoms with Gasteiger partial charge in [0.1, 0.15) is 0 Å². The zero-order chi connectivity index (χ0) is 23.0. The van der Waals surface area contributed by atoms with Gasteiger partial charge in [0.2, 0.25) is 0 Å². The lowest BCUT2D eigenvalue weighted by Gasteiger charge is -2.54. The molecule has 0 radical (unpaired) electrons. The first-order chi connectivity index (χ1) is 16.0. The molecular weight excluding hydrogens is 419 g/mol. The summed E-state index contributed by atoms with van der Waals surface area (Å²) in [5.74, 6) is 6.61. The van der Waals surface area contributed by atoms with E-state index in [2.05, 4.69) is 30.2 Å². The van der Waals surface area contributed by atoms with Crippen LogP contribution in [-0.4, -0.2) is 6.10 Å². The van der Waals surface area contributed by atoms with Crippen molar-refractivity contribution in [2.75, 3.05) is 0 Å². The largest absolute Gasteiger partial charge is 0.358 e. The van der Waals surface area contributed by atoms with Gasteiger partial charge in [-0.2, -0.15) is 0 Å². The van der Waals surface area contributed by atoms with Crippen LogP contribution in [0.3, 0.4) is 0 Å². The molecule has 188 valence electrons. The van der Waals surface area contributed by atoms with Crippen molar-refractivity contribution >= 4 is 9.47 Å². The highest BCUT2D eigenvalue weighted by molar-refractivity contribution is 7.09. The van der Waals surface area contributed by atoms with Crippen LogP contribution in [0.2, 0.25) is 0 Å². The molecule has 0 amide bonds. The summed E-state index contributed by atoms with van der Waals surface area (Å²) in [6.07, 6.45) is 25.3. The number of unbranched alkanes of at least 4 members (excludes halogenated alkanes) is 1. The van der Waals surface area contributed by atoms with Crippen molar-refractivity contribution in [3.05, 3.63) is 11.1 Å². The fourth-order valence-electron chi connectivity index (χ4n) is 9.85. The molecule has 0 aromatic rings. The van der Waals surface area contributed by atoms with Crippen LogP contribution in [0.1, 0.15) is 130 Å². The highest BCUT2D eigenvalue weighted by Gasteiger charge is 2.56. The van der Waals surface area contributed by atoms with Crippen LogP contribution < -0.4 is 0 Å². The molecule has 8 atom stereocenters. The van der Waals surface area contributed by atoms with Gasteiger partial charge in [0.25, 0.3) is 0 Å². The Hall–Kier alpha value is 0.130. The van der Waals surface area contributed by atoms with E-state index < -0.39 is 0 Å². The van der Waals surface area contributed by atoms with Crippen LogP contribution in [0.4, 0.5) is 0 Å². The molecule has 0 saturated heterocycles. The van der Waals surface area contributed by atoms with E-state index in [9.17, 15) is 0 Å². The molecule has 5 aliphatic rings. The predicted octanol–water partition coefficient (Wildman–Crippen LogP) is 9.52. The fraction of sp³-hybridized carbons (Fsp3) is 0.935. The van der Waals surface area contributed by atoms with E-state index in [1.807, 2.05) is 5.57 Å². The van der Waals surface area contributed by atoms with Crippen molar-refractivity contribution in [1.82, 2.24) is 0 Å². The summed E-state index contributed by atoms with van der Waals surface area (Å²) in [4.78, 5) is 0. The minimum absolute atomic E-state index is 0.407. The first-order valence-corrected chi connectivity index (χ1v) is 15.5. The van der Waals surface area contributed by atoms with Gasteiger partial charge in [-0.25, -0.2) is 0 Å². The van der Waals surface area contributed by atoms with Crippen LogP contribution in [0.15, 0.2) is 11.1 Å². The predicted molar refractivity (Wildman–Crippen MR) is 144 cm³/mol. The molecule has 3 saturated carbocycles. The smallest absolute Gasteiger partial charge is 0.0826 e. The Morgan fingerprint density at radius 1 is 0.970 bits per heavy atom. The van der Waals surface area contributed by atoms with E-state index in [0.717, 1.165) is 41.4 Å². The SMILES string of the molecule is CC(C)CCCCC1CCC2C3CC(OP)C4=C(CCC(CC5CCCC5)C4)C3CCC12C. The molecule has 0 N–H and O–H groups in total. The van der Waals surface area contributed by atoms with Gasteiger partial charge in [0, 0.05) is 9.47 Å². The fourth-order valence-corrected chi connectivity index (χ4v) is 10.1. The molecular formula is C31H53OP. The Morgan fingerprint density at radius 2 is 1.79 bits per heavy atom. The maximum absolute atomic E-state index is 6.20. The van der Waals surface area contributed by atoms with E-state index in [1.54, 1.807) is 5.57 Å². The highest BCUT2D eigenvalue weighted by Crippen LogP contribution is 2.64. The van der Waals surface area contributed by atoms with Gasteiger partial charge >= 0.3 is 0 Å². The molecule has 1 nitrogen and oxygen atoms in total. The monoisotopic (exact) mass is 472 g/mol. The van der Waals surface area contributed by atoms with Crippen LogP contribution in [0.25, 0.3) is 0 Å². The van der Waals surface area contributed by atoms with Gasteiger partial charge in [-0.3, -0.25) is 0 Å². The Kier molecular flexibility index (Phi) is 7.99. The minimum Gasteiger partial charge on any atom is -0.358 e. The third kappa shape index (κ3) is 5.03. The van der Waals surface area contributed by atoms with Crippen molar-refractivity contribution in [2.45, 2.75) is 136 Å². The summed E-state index contributed by atoms with van der Waals surface area (Å²) in [5, 5.41) is 0. The molecule has 2 heteroatoms. The zero-order valence-electron chi connectivity index (χ0n) is 22.1. The zero-order valence-corrected chi connectivity index (χ0v) is 23.3. The van der Waals surface area contributed by atoms with Crippen molar-refractivity contribution < 1.29 is 4.52 Å². The molecule has 3 fully saturated rings. The van der Waals surface area contributed by atoms with Crippen molar-refractivity contribution in [2.24, 2.45) is 46.8 Å². The first kappa shape index (κ1) is 24.8. The van der Waals surface area contributed by atoms with Crippen molar-refractivity contribution in [3.63, 3.8) is 0 Å². The lowest BCUT2D eigenvalue weighted by Crippen LogP contribution is -2.46. The van der Waals surface area contributed by atoms with Crippen LogP contribution in [0.5, 0.6) is 0 Å². The van der Waals surface area contributed by atoms with E-state index in [4.69, 9.17) is 4.52 Å². The Bertz CT molecular complexity index is 691. The third-order valence-electron chi connectivity index (χ3n) is 11.6. The second kappa shape index (κ2) is 10.6. The van der Waals surface area contributed by atoms with E-state index in [0.29, 0.717) is 11.5 Å². The summed E-state index contributed by atoms with van der Waals surface area (Å²) in [7, 11) is 2.68. The molecule has 33 heavy (non-hydrogen) atoms. The van der Waals surface area contributed by atoms with Crippen LogP contribution in [0, 0.1) is 46.8 Å². The van der Waals surface area contributed by atoms with Gasteiger partial charge in [-0.05, 0) is 117 Å². The summed E-state index contributed by atoms with van der Waals surface area (Å²) in [6.45, 7) is 7.48. The van der Waals surface area contributed by atoms with E-state index >= 15 is 0 Å². The van der Waals surface area contributed by atoms with E-state index in [-0.39, 0.29) is 0 Å². The van der Waals surface area contributed by atoms with Gasteiger partial charge in [-0.1, -0.05) is 71.3 Å². The van der Waals surface area contributed by atoms with Gasteiger partial charge < -0.3 is 4.52 Å². The molecule has 5 aliphatic carbocycles. The third-order valence-corrected chi connectivity index (χ3v) is 11.9. The molecule has 0 spiro atoms. The van der Waals surface area contributed by atoms with Crippen molar-refractivity contribution in [3.8, 4) is 0 Å². The Balaban J connectivity index is 1.26. The van der Waals surface area contributed by atoms with Gasteiger partial charge in [-0.15, -0.1) is 0 Å². The molecule has 0 aromatic carbocycles. The first-order valence-electron chi connectivity index (χ1n) is 15.1. The molecule has 0 aliphatic heterocycles. The van der Waals surface area contributed by atoms with Crippen LogP contribution >= 0.6 is 9.47 Å². The van der Waals surface area contributed by atoms with Crippen molar-refractivity contribution in [1.29, 1.82) is 0 Å². The summed E-state index contributed by atoms with van der Waals surface area (Å²) < 4.78 is 6.20. The topological polar surface area (TPSA) is 9.23 Å². The Morgan fingerprint density at radius 3 is 2.55 bits per heavy atom. The maximum atomic E-state index is 6.20. The lowest BCUT2D eigenvalue weighted by molar-refractivity contribution is -0.00691. The highest BCUT2D eigenvalue weighted by atomic mass is 31.0. The normalized spacial score (nSPS) is 41.4. The second-order valence-corrected chi connectivity index (χ2v) is 14.1. The average Bonchev–Trinajstić information content (AvgIpc) is 3.43. The van der Waals surface area contributed by atoms with E-state index in [1.165, 1.54) is 109 Å². The second-order valence-electron chi connectivity index (χ2n) is 13.8. The molecule has 5 rings (SSSR count). The minimum atomic E-state index is 0.407. The standard InChI is InChI=1S/C31H53OP/c1-21(2)8-4-7-11-24-13-15-29-27-20-30(32-33)28-19-23(18-22-9-5-6-10-22)12-14-25(28)26(27)16-17-31(24,29)3/h21-24,26-27,29-30H,4-20,33H2,1-3H3. The number of hydrogen-bond donors (Lipinski definition) is 0. The van der Waals surface area contributed by atoms with Crippen LogP contribution in [-0.2, 0) is 4.52 Å². The number of rotatable bonds is 8. The number of allylic oxidation sites excluding steroid dienone is 1. The Labute approximate surface area is 207 Å². The van der Waals surface area contributed by atoms with Gasteiger partial charge in [0.15, 0.2) is 0 Å². The number of hydrogen-bond acceptors (Lipinski definition) is 1. The lowest BCUT2D eigenvalue weighted by atomic mass is 9.52. The van der Waals surface area contributed by atoms with Gasteiger partial charge in [0.05, 0.1) is 6.10 Å². The average molecular weight is 473 g/mol. The molecule has 0 heterocycles. The quantitative estimate of drug-likeness (QED) is 0.194. The molecule has 0 bridgehead atoms. The molecule has 8 unspecified atom stereocenters. The summed E-state index contributed by atoms with van der Waals surface area (Å²) in [6, 6.07) is 0. The summed E-state index contributed by atoms with van der Waals surface area (Å²) >= 11 is 0. The summed E-state index contributed by atoms with van der Waals surface area (Å²) in [5.41, 5.74) is 4.30.